The van der Waals surface area contributed by atoms with Crippen LogP contribution in [-0.2, 0) is 4.74 Å². The zero-order chi connectivity index (χ0) is 16.0. The largest absolute Gasteiger partial charge is 0.384 e. The van der Waals surface area contributed by atoms with Crippen LogP contribution >= 0.6 is 0 Å². The molecule has 1 saturated heterocycles. The summed E-state index contributed by atoms with van der Waals surface area (Å²) in [4.78, 5) is 6.71. The number of morpholine rings is 1. The topological polar surface area (TPSA) is 75.2 Å². The van der Waals surface area contributed by atoms with Gasteiger partial charge in [0.2, 0.25) is 0 Å². The molecule has 1 aliphatic rings. The first kappa shape index (κ1) is 15.8. The second-order valence-corrected chi connectivity index (χ2v) is 7.13. The smallest absolute Gasteiger partial charge is 0.126 e. The van der Waals surface area contributed by atoms with Crippen molar-refractivity contribution in [3.63, 3.8) is 0 Å². The van der Waals surface area contributed by atoms with E-state index in [1.165, 1.54) is 0 Å². The third-order valence-electron chi connectivity index (χ3n) is 3.61. The normalized spacial score (nSPS) is 20.4. The Labute approximate surface area is 127 Å². The molecule has 1 aliphatic heterocycles. The zero-order valence-corrected chi connectivity index (χ0v) is 13.9. The van der Waals surface area contributed by atoms with E-state index in [0.29, 0.717) is 0 Å². The number of rotatable bonds is 2. The van der Waals surface area contributed by atoms with E-state index < -0.39 is 0 Å². The number of ether oxygens (including phenoxy) is 1. The lowest BCUT2D eigenvalue weighted by Crippen LogP contribution is -2.57. The third kappa shape index (κ3) is 3.35. The average molecular weight is 290 g/mol. The summed E-state index contributed by atoms with van der Waals surface area (Å²) in [6, 6.07) is 2.02. The molecule has 0 aromatic carbocycles. The molecule has 2 rings (SSSR count). The summed E-state index contributed by atoms with van der Waals surface area (Å²) in [5.41, 5.74) is 8.75. The molecule has 3 N–H and O–H groups in total. The van der Waals surface area contributed by atoms with Crippen molar-refractivity contribution in [1.82, 2.24) is 4.98 Å². The molecule has 1 aromatic rings. The molecule has 1 fully saturated rings. The van der Waals surface area contributed by atoms with Crippen molar-refractivity contribution in [3.8, 4) is 0 Å². The first-order valence-corrected chi connectivity index (χ1v) is 7.28. The Bertz CT molecular complexity index is 562. The zero-order valence-electron chi connectivity index (χ0n) is 13.9. The van der Waals surface area contributed by atoms with Crippen LogP contribution in [0.15, 0.2) is 6.07 Å². The van der Waals surface area contributed by atoms with Gasteiger partial charge in [0.25, 0.3) is 0 Å². The molecule has 0 spiro atoms. The number of hydrogen-bond donors (Lipinski definition) is 2. The number of aromatic nitrogens is 1. The van der Waals surface area contributed by atoms with Crippen LogP contribution in [0.3, 0.4) is 0 Å². The van der Waals surface area contributed by atoms with Crippen molar-refractivity contribution in [2.75, 3.05) is 18.0 Å². The summed E-state index contributed by atoms with van der Waals surface area (Å²) in [5, 5.41) is 7.88. The van der Waals surface area contributed by atoms with Crippen molar-refractivity contribution >= 4 is 11.5 Å². The van der Waals surface area contributed by atoms with Gasteiger partial charge in [0, 0.05) is 18.8 Å². The monoisotopic (exact) mass is 290 g/mol. The molecular weight excluding hydrogens is 264 g/mol. The van der Waals surface area contributed by atoms with Crippen LogP contribution in [0.4, 0.5) is 5.69 Å². The standard InChI is InChI=1S/C16H26N4O/c1-10-7-12(13(14(17)18)11(2)19-10)20-8-15(3,4)21-16(5,6)9-20/h7H,8-9H2,1-6H3,(H3,17,18). The lowest BCUT2D eigenvalue weighted by Gasteiger charge is -2.48. The number of nitrogens with one attached hydrogen (secondary N) is 1. The fourth-order valence-electron chi connectivity index (χ4n) is 3.35. The van der Waals surface area contributed by atoms with Crippen LogP contribution in [0.1, 0.15) is 44.6 Å². The van der Waals surface area contributed by atoms with Crippen LogP contribution in [0.2, 0.25) is 0 Å². The molecule has 0 atom stereocenters. The van der Waals surface area contributed by atoms with Gasteiger partial charge in [-0.3, -0.25) is 10.4 Å². The van der Waals surface area contributed by atoms with E-state index in [-0.39, 0.29) is 17.0 Å². The summed E-state index contributed by atoms with van der Waals surface area (Å²) in [6.45, 7) is 13.8. The van der Waals surface area contributed by atoms with Gasteiger partial charge in [-0.25, -0.2) is 0 Å². The van der Waals surface area contributed by atoms with Crippen LogP contribution < -0.4 is 10.6 Å². The molecule has 116 valence electrons. The summed E-state index contributed by atoms with van der Waals surface area (Å²) in [5.74, 6) is 0.0668. The molecule has 0 radical (unpaired) electrons. The molecule has 21 heavy (non-hydrogen) atoms. The van der Waals surface area contributed by atoms with E-state index in [9.17, 15) is 0 Å². The SMILES string of the molecule is Cc1cc(N2CC(C)(C)OC(C)(C)C2)c(C(=N)N)c(C)n1. The summed E-state index contributed by atoms with van der Waals surface area (Å²) < 4.78 is 6.13. The number of nitrogens with two attached hydrogens (primary N) is 1. The second-order valence-electron chi connectivity index (χ2n) is 7.13. The number of pyridine rings is 1. The maximum atomic E-state index is 7.88. The Morgan fingerprint density at radius 1 is 1.24 bits per heavy atom. The van der Waals surface area contributed by atoms with Gasteiger partial charge in [-0.2, -0.15) is 0 Å². The molecule has 0 amide bonds. The minimum atomic E-state index is -0.249. The van der Waals surface area contributed by atoms with Gasteiger partial charge >= 0.3 is 0 Å². The molecule has 2 heterocycles. The van der Waals surface area contributed by atoms with E-state index >= 15 is 0 Å². The molecular formula is C16H26N4O. The molecule has 5 nitrogen and oxygen atoms in total. The van der Waals surface area contributed by atoms with Crippen molar-refractivity contribution in [3.05, 3.63) is 23.0 Å². The number of anilines is 1. The van der Waals surface area contributed by atoms with Crippen molar-refractivity contribution in [1.29, 1.82) is 5.41 Å². The summed E-state index contributed by atoms with van der Waals surface area (Å²) >= 11 is 0. The highest BCUT2D eigenvalue weighted by Crippen LogP contribution is 2.33. The van der Waals surface area contributed by atoms with Gasteiger partial charge in [-0.1, -0.05) is 0 Å². The Morgan fingerprint density at radius 2 is 1.76 bits per heavy atom. The number of aryl methyl sites for hydroxylation is 2. The average Bonchev–Trinajstić information content (AvgIpc) is 2.22. The lowest BCUT2D eigenvalue weighted by molar-refractivity contribution is -0.133. The van der Waals surface area contributed by atoms with Crippen molar-refractivity contribution < 1.29 is 4.74 Å². The number of nitrogens with zero attached hydrogens (tertiary/aromatic N) is 2. The maximum absolute atomic E-state index is 7.88. The van der Waals surface area contributed by atoms with Gasteiger partial charge in [0.15, 0.2) is 0 Å². The molecule has 5 heteroatoms. The molecule has 0 aliphatic carbocycles. The van der Waals surface area contributed by atoms with Crippen LogP contribution in [-0.4, -0.2) is 35.1 Å². The van der Waals surface area contributed by atoms with Gasteiger partial charge in [0.05, 0.1) is 28.1 Å². The summed E-state index contributed by atoms with van der Waals surface area (Å²) in [6.07, 6.45) is 0. The highest BCUT2D eigenvalue weighted by atomic mass is 16.5. The summed E-state index contributed by atoms with van der Waals surface area (Å²) in [7, 11) is 0. The van der Waals surface area contributed by atoms with E-state index in [1.54, 1.807) is 0 Å². The highest BCUT2D eigenvalue weighted by Gasteiger charge is 2.39. The molecule has 0 saturated carbocycles. The first-order valence-electron chi connectivity index (χ1n) is 7.28. The first-order chi connectivity index (χ1) is 9.51. The van der Waals surface area contributed by atoms with Gasteiger partial charge in [-0.05, 0) is 47.6 Å². The Morgan fingerprint density at radius 3 is 2.24 bits per heavy atom. The maximum Gasteiger partial charge on any atom is 0.126 e. The Hall–Kier alpha value is -1.62. The molecule has 1 aromatic heterocycles. The predicted molar refractivity (Wildman–Crippen MR) is 86.2 cm³/mol. The predicted octanol–water partition coefficient (Wildman–Crippen LogP) is 2.38. The van der Waals surface area contributed by atoms with Gasteiger partial charge in [-0.15, -0.1) is 0 Å². The minimum Gasteiger partial charge on any atom is -0.384 e. The van der Waals surface area contributed by atoms with Gasteiger partial charge in [0.1, 0.15) is 5.84 Å². The fraction of sp³-hybridized carbons (Fsp3) is 0.625. The number of nitrogen functional groups attached to an aromatic ring is 1. The fourth-order valence-corrected chi connectivity index (χ4v) is 3.35. The lowest BCUT2D eigenvalue weighted by atomic mass is 9.97. The van der Waals surface area contributed by atoms with E-state index in [4.69, 9.17) is 15.9 Å². The third-order valence-corrected chi connectivity index (χ3v) is 3.61. The van der Waals surface area contributed by atoms with E-state index in [1.807, 2.05) is 19.9 Å². The molecule has 0 bridgehead atoms. The van der Waals surface area contributed by atoms with E-state index in [0.717, 1.165) is 35.7 Å². The van der Waals surface area contributed by atoms with Crippen LogP contribution in [0, 0.1) is 19.3 Å². The van der Waals surface area contributed by atoms with Crippen molar-refractivity contribution in [2.24, 2.45) is 5.73 Å². The van der Waals surface area contributed by atoms with Gasteiger partial charge < -0.3 is 15.4 Å². The quantitative estimate of drug-likeness (QED) is 0.648. The van der Waals surface area contributed by atoms with Crippen LogP contribution in [0.5, 0.6) is 0 Å². The minimum absolute atomic E-state index is 0.0668. The van der Waals surface area contributed by atoms with E-state index in [2.05, 4.69) is 37.6 Å². The number of hydrogen-bond acceptors (Lipinski definition) is 4. The number of amidine groups is 1. The Balaban J connectivity index is 2.53. The van der Waals surface area contributed by atoms with Crippen LogP contribution in [0.25, 0.3) is 0 Å². The Kier molecular flexibility index (Phi) is 3.74. The highest BCUT2D eigenvalue weighted by molar-refractivity contribution is 6.01. The second kappa shape index (κ2) is 4.98. The molecule has 0 unspecified atom stereocenters. The van der Waals surface area contributed by atoms with Crippen molar-refractivity contribution in [2.45, 2.75) is 52.7 Å².